The average molecular weight is 376 g/mol. The number of carbonyl (C=O) groups is 2. The molecular weight excluding hydrogens is 344 g/mol. The van der Waals surface area contributed by atoms with Crippen LogP contribution in [0.4, 0.5) is 0 Å². The summed E-state index contributed by atoms with van der Waals surface area (Å²) in [6.45, 7) is 5.72. The van der Waals surface area contributed by atoms with Crippen molar-refractivity contribution >= 4 is 11.9 Å². The quantitative estimate of drug-likeness (QED) is 0.755. The van der Waals surface area contributed by atoms with Crippen LogP contribution in [0.1, 0.15) is 51.0 Å². The molecule has 2 rings (SSSR count). The summed E-state index contributed by atoms with van der Waals surface area (Å²) >= 11 is 0. The van der Waals surface area contributed by atoms with E-state index in [-0.39, 0.29) is 25.1 Å². The van der Waals surface area contributed by atoms with E-state index in [1.165, 1.54) is 0 Å². The lowest BCUT2D eigenvalue weighted by atomic mass is 9.98. The SMILES string of the molecule is CC[C@@H](C)c1ccccc1OCC(=O)N1CCC[C@H](N(C)CC(=O)O)CC1. The first-order valence-corrected chi connectivity index (χ1v) is 9.83. The summed E-state index contributed by atoms with van der Waals surface area (Å²) in [4.78, 5) is 27.2. The molecule has 27 heavy (non-hydrogen) atoms. The van der Waals surface area contributed by atoms with Crippen molar-refractivity contribution in [1.82, 2.24) is 9.80 Å². The van der Waals surface area contributed by atoms with E-state index in [0.717, 1.165) is 37.0 Å². The highest BCUT2D eigenvalue weighted by molar-refractivity contribution is 5.77. The maximum Gasteiger partial charge on any atom is 0.317 e. The molecule has 1 saturated heterocycles. The van der Waals surface area contributed by atoms with Crippen molar-refractivity contribution in [2.45, 2.75) is 51.5 Å². The Hall–Kier alpha value is -2.08. The van der Waals surface area contributed by atoms with Gasteiger partial charge in [0.25, 0.3) is 5.91 Å². The van der Waals surface area contributed by atoms with Crippen molar-refractivity contribution in [2.24, 2.45) is 0 Å². The fourth-order valence-corrected chi connectivity index (χ4v) is 3.58. The summed E-state index contributed by atoms with van der Waals surface area (Å²) in [6, 6.07) is 8.11. The first kappa shape index (κ1) is 21.2. The molecule has 1 aliphatic heterocycles. The number of carboxylic acids is 1. The van der Waals surface area contributed by atoms with E-state index in [4.69, 9.17) is 9.84 Å². The highest BCUT2D eigenvalue weighted by atomic mass is 16.5. The second-order valence-electron chi connectivity index (χ2n) is 7.41. The zero-order chi connectivity index (χ0) is 19.8. The van der Waals surface area contributed by atoms with Crippen LogP contribution in [0.25, 0.3) is 0 Å². The standard InChI is InChI=1S/C21H32N2O4/c1-4-16(2)18-9-5-6-10-19(18)27-15-20(24)23-12-7-8-17(11-13-23)22(3)14-21(25)26/h5-6,9-10,16-17H,4,7-8,11-15H2,1-3H3,(H,25,26)/t16-,17+/m1/s1. The highest BCUT2D eigenvalue weighted by Crippen LogP contribution is 2.28. The Morgan fingerprint density at radius 3 is 2.74 bits per heavy atom. The van der Waals surface area contributed by atoms with Crippen molar-refractivity contribution in [3.63, 3.8) is 0 Å². The molecule has 6 nitrogen and oxygen atoms in total. The maximum atomic E-state index is 12.6. The molecule has 1 aliphatic rings. The zero-order valence-electron chi connectivity index (χ0n) is 16.7. The first-order valence-electron chi connectivity index (χ1n) is 9.83. The van der Waals surface area contributed by atoms with Gasteiger partial charge in [-0.3, -0.25) is 14.5 Å². The smallest absolute Gasteiger partial charge is 0.317 e. The molecule has 1 aromatic carbocycles. The van der Waals surface area contributed by atoms with Gasteiger partial charge in [-0.05, 0) is 50.3 Å². The Morgan fingerprint density at radius 1 is 1.30 bits per heavy atom. The van der Waals surface area contributed by atoms with Crippen LogP contribution in [0.5, 0.6) is 5.75 Å². The van der Waals surface area contributed by atoms with Crippen LogP contribution in [0.15, 0.2) is 24.3 Å². The second kappa shape index (κ2) is 10.3. The van der Waals surface area contributed by atoms with Gasteiger partial charge in [0.1, 0.15) is 5.75 Å². The summed E-state index contributed by atoms with van der Waals surface area (Å²) in [5.41, 5.74) is 1.14. The third-order valence-electron chi connectivity index (χ3n) is 5.47. The first-order chi connectivity index (χ1) is 12.9. The van der Waals surface area contributed by atoms with Gasteiger partial charge >= 0.3 is 5.97 Å². The Kier molecular flexibility index (Phi) is 8.10. The van der Waals surface area contributed by atoms with Crippen LogP contribution in [-0.4, -0.2) is 66.1 Å². The molecular formula is C21H32N2O4. The molecule has 6 heteroatoms. The van der Waals surface area contributed by atoms with Crippen LogP contribution in [0, 0.1) is 0 Å². The Morgan fingerprint density at radius 2 is 2.04 bits per heavy atom. The van der Waals surface area contributed by atoms with Gasteiger partial charge in [-0.1, -0.05) is 32.0 Å². The predicted molar refractivity (Wildman–Crippen MR) is 105 cm³/mol. The van der Waals surface area contributed by atoms with E-state index < -0.39 is 5.97 Å². The van der Waals surface area contributed by atoms with Crippen LogP contribution in [0.3, 0.4) is 0 Å². The molecule has 0 aromatic heterocycles. The highest BCUT2D eigenvalue weighted by Gasteiger charge is 2.24. The van der Waals surface area contributed by atoms with Gasteiger partial charge in [0.05, 0.1) is 6.54 Å². The molecule has 0 spiro atoms. The third-order valence-corrected chi connectivity index (χ3v) is 5.47. The van der Waals surface area contributed by atoms with Crippen molar-refractivity contribution in [1.29, 1.82) is 0 Å². The molecule has 2 atom stereocenters. The Balaban J connectivity index is 1.89. The van der Waals surface area contributed by atoms with E-state index in [0.29, 0.717) is 19.0 Å². The van der Waals surface area contributed by atoms with Crippen LogP contribution >= 0.6 is 0 Å². The van der Waals surface area contributed by atoms with Crippen LogP contribution < -0.4 is 4.74 Å². The average Bonchev–Trinajstić information content (AvgIpc) is 2.91. The van der Waals surface area contributed by atoms with Crippen molar-refractivity contribution in [3.8, 4) is 5.75 Å². The maximum absolute atomic E-state index is 12.6. The van der Waals surface area contributed by atoms with Crippen LogP contribution in [-0.2, 0) is 9.59 Å². The van der Waals surface area contributed by atoms with Gasteiger partial charge in [-0.2, -0.15) is 0 Å². The minimum Gasteiger partial charge on any atom is -0.483 e. The zero-order valence-corrected chi connectivity index (χ0v) is 16.7. The largest absolute Gasteiger partial charge is 0.483 e. The Labute approximate surface area is 162 Å². The van der Waals surface area contributed by atoms with Crippen molar-refractivity contribution in [2.75, 3.05) is 33.3 Å². The number of carboxylic acid groups (broad SMARTS) is 1. The lowest BCUT2D eigenvalue weighted by Crippen LogP contribution is -2.38. The topological polar surface area (TPSA) is 70.1 Å². The fourth-order valence-electron chi connectivity index (χ4n) is 3.58. The number of amides is 1. The fraction of sp³-hybridized carbons (Fsp3) is 0.619. The number of rotatable bonds is 8. The molecule has 0 bridgehead atoms. The summed E-state index contributed by atoms with van der Waals surface area (Å²) < 4.78 is 5.86. The van der Waals surface area contributed by atoms with Crippen LogP contribution in [0.2, 0.25) is 0 Å². The van der Waals surface area contributed by atoms with E-state index in [2.05, 4.69) is 19.9 Å². The molecule has 1 aromatic rings. The van der Waals surface area contributed by atoms with Gasteiger partial charge < -0.3 is 14.7 Å². The lowest BCUT2D eigenvalue weighted by Gasteiger charge is -2.25. The number of likely N-dealkylation sites (tertiary alicyclic amines) is 1. The van der Waals surface area contributed by atoms with Gasteiger partial charge in [-0.25, -0.2) is 0 Å². The number of ether oxygens (including phenoxy) is 1. The number of aliphatic carboxylic acids is 1. The monoisotopic (exact) mass is 376 g/mol. The normalized spacial score (nSPS) is 18.8. The molecule has 0 unspecified atom stereocenters. The Bertz CT molecular complexity index is 634. The molecule has 0 saturated carbocycles. The molecule has 0 radical (unpaired) electrons. The van der Waals surface area contributed by atoms with Gasteiger partial charge in [0.2, 0.25) is 0 Å². The number of nitrogens with zero attached hydrogens (tertiary/aromatic N) is 2. The summed E-state index contributed by atoms with van der Waals surface area (Å²) in [5, 5.41) is 8.96. The predicted octanol–water partition coefficient (Wildman–Crippen LogP) is 2.98. The van der Waals surface area contributed by atoms with Gasteiger partial charge in [0.15, 0.2) is 6.61 Å². The van der Waals surface area contributed by atoms with E-state index in [1.54, 1.807) is 0 Å². The second-order valence-corrected chi connectivity index (χ2v) is 7.41. The lowest BCUT2D eigenvalue weighted by molar-refractivity contribution is -0.138. The molecule has 1 N–H and O–H groups in total. The summed E-state index contributed by atoms with van der Waals surface area (Å²) in [7, 11) is 1.84. The molecule has 150 valence electrons. The minimum atomic E-state index is -0.817. The number of hydrogen-bond acceptors (Lipinski definition) is 4. The third kappa shape index (κ3) is 6.24. The number of carbonyl (C=O) groups excluding carboxylic acids is 1. The van der Waals surface area contributed by atoms with Gasteiger partial charge in [-0.15, -0.1) is 0 Å². The van der Waals surface area contributed by atoms with Crippen molar-refractivity contribution in [3.05, 3.63) is 29.8 Å². The number of hydrogen-bond donors (Lipinski definition) is 1. The van der Waals surface area contributed by atoms with E-state index in [9.17, 15) is 9.59 Å². The minimum absolute atomic E-state index is 0.00417. The molecule has 1 amide bonds. The number of benzene rings is 1. The molecule has 0 aliphatic carbocycles. The van der Waals surface area contributed by atoms with E-state index >= 15 is 0 Å². The summed E-state index contributed by atoms with van der Waals surface area (Å²) in [6.07, 6.45) is 3.60. The number of likely N-dealkylation sites (N-methyl/N-ethyl adjacent to an activating group) is 1. The van der Waals surface area contributed by atoms with E-state index in [1.807, 2.05) is 35.0 Å². The van der Waals surface area contributed by atoms with Gasteiger partial charge in [0, 0.05) is 19.1 Å². The molecule has 1 heterocycles. The van der Waals surface area contributed by atoms with Crippen molar-refractivity contribution < 1.29 is 19.4 Å². The molecule has 1 fully saturated rings. The number of para-hydroxylation sites is 1. The summed E-state index contributed by atoms with van der Waals surface area (Å²) in [5.74, 6) is 0.354.